The second-order valence-corrected chi connectivity index (χ2v) is 4.54. The van der Waals surface area contributed by atoms with Gasteiger partial charge in [-0.15, -0.1) is 0 Å². The van der Waals surface area contributed by atoms with Crippen molar-refractivity contribution in [3.05, 3.63) is 60.6 Å². The van der Waals surface area contributed by atoms with Gasteiger partial charge in [0.2, 0.25) is 0 Å². The predicted molar refractivity (Wildman–Crippen MR) is 83.5 cm³/mol. The van der Waals surface area contributed by atoms with E-state index in [9.17, 15) is 4.79 Å². The first-order chi connectivity index (χ1) is 10.3. The van der Waals surface area contributed by atoms with Gasteiger partial charge in [-0.1, -0.05) is 18.2 Å². The van der Waals surface area contributed by atoms with Crippen molar-refractivity contribution in [2.45, 2.75) is 0 Å². The van der Waals surface area contributed by atoms with Gasteiger partial charge >= 0.3 is 0 Å². The molecule has 2 aromatic heterocycles. The molecule has 0 saturated carbocycles. The Labute approximate surface area is 122 Å². The SMILES string of the molecule is CNc1ccncc1C(=O)Nc1cnc2ccccc2c1. The van der Waals surface area contributed by atoms with E-state index in [2.05, 4.69) is 20.6 Å². The number of nitrogens with one attached hydrogen (secondary N) is 2. The number of nitrogens with zero attached hydrogens (tertiary/aromatic N) is 2. The molecular formula is C16H14N4O. The summed E-state index contributed by atoms with van der Waals surface area (Å²) in [7, 11) is 1.77. The molecule has 2 N–H and O–H groups in total. The zero-order chi connectivity index (χ0) is 14.7. The Morgan fingerprint density at radius 1 is 1.14 bits per heavy atom. The van der Waals surface area contributed by atoms with Crippen molar-refractivity contribution < 1.29 is 4.79 Å². The van der Waals surface area contributed by atoms with Gasteiger partial charge in [-0.05, 0) is 18.2 Å². The largest absolute Gasteiger partial charge is 0.387 e. The van der Waals surface area contributed by atoms with E-state index in [0.717, 1.165) is 16.6 Å². The Bertz CT molecular complexity index is 801. The Balaban J connectivity index is 1.89. The summed E-state index contributed by atoms with van der Waals surface area (Å²) in [5.74, 6) is -0.218. The highest BCUT2D eigenvalue weighted by Gasteiger charge is 2.11. The number of hydrogen-bond donors (Lipinski definition) is 2. The van der Waals surface area contributed by atoms with E-state index >= 15 is 0 Å². The van der Waals surface area contributed by atoms with Gasteiger partial charge in [-0.2, -0.15) is 0 Å². The standard InChI is InChI=1S/C16H14N4O/c1-17-15-6-7-18-10-13(15)16(21)20-12-8-11-4-2-3-5-14(11)19-9-12/h2-10H,1H3,(H,17,18)(H,20,21). The van der Waals surface area contributed by atoms with Crippen molar-refractivity contribution in [3.8, 4) is 0 Å². The van der Waals surface area contributed by atoms with Gasteiger partial charge < -0.3 is 10.6 Å². The molecule has 3 aromatic rings. The number of pyridine rings is 2. The Morgan fingerprint density at radius 2 is 2.00 bits per heavy atom. The fraction of sp³-hybridized carbons (Fsp3) is 0.0625. The third kappa shape index (κ3) is 2.67. The molecule has 5 nitrogen and oxygen atoms in total. The molecule has 1 aromatic carbocycles. The minimum Gasteiger partial charge on any atom is -0.387 e. The van der Waals surface area contributed by atoms with E-state index in [4.69, 9.17) is 0 Å². The van der Waals surface area contributed by atoms with Crippen LogP contribution < -0.4 is 10.6 Å². The molecule has 0 aliphatic carbocycles. The van der Waals surface area contributed by atoms with E-state index in [0.29, 0.717) is 11.3 Å². The average Bonchev–Trinajstić information content (AvgIpc) is 2.54. The molecule has 3 rings (SSSR count). The molecule has 0 fully saturated rings. The topological polar surface area (TPSA) is 66.9 Å². The number of para-hydroxylation sites is 1. The van der Waals surface area contributed by atoms with Crippen LogP contribution in [0.1, 0.15) is 10.4 Å². The molecule has 0 saturated heterocycles. The Kier molecular flexibility index (Phi) is 3.47. The molecule has 0 unspecified atom stereocenters. The lowest BCUT2D eigenvalue weighted by atomic mass is 10.2. The molecular weight excluding hydrogens is 264 g/mol. The first-order valence-electron chi connectivity index (χ1n) is 6.56. The summed E-state index contributed by atoms with van der Waals surface area (Å²) < 4.78 is 0. The number of anilines is 2. The predicted octanol–water partition coefficient (Wildman–Crippen LogP) is 2.92. The zero-order valence-electron chi connectivity index (χ0n) is 11.5. The van der Waals surface area contributed by atoms with Gasteiger partial charge in [0, 0.05) is 30.5 Å². The molecule has 104 valence electrons. The van der Waals surface area contributed by atoms with Gasteiger partial charge in [-0.25, -0.2) is 0 Å². The van der Waals surface area contributed by atoms with Crippen molar-refractivity contribution in [1.29, 1.82) is 0 Å². The first-order valence-corrected chi connectivity index (χ1v) is 6.56. The number of carbonyl (C=O) groups excluding carboxylic acids is 1. The van der Waals surface area contributed by atoms with E-state index in [1.54, 1.807) is 25.5 Å². The Morgan fingerprint density at radius 3 is 2.86 bits per heavy atom. The monoisotopic (exact) mass is 278 g/mol. The fourth-order valence-electron chi connectivity index (χ4n) is 2.13. The van der Waals surface area contributed by atoms with Crippen molar-refractivity contribution in [2.24, 2.45) is 0 Å². The van der Waals surface area contributed by atoms with Gasteiger partial charge in [0.05, 0.1) is 23.0 Å². The number of fused-ring (bicyclic) bond motifs is 1. The number of amides is 1. The van der Waals surface area contributed by atoms with Crippen LogP contribution in [0, 0.1) is 0 Å². The third-order valence-electron chi connectivity index (χ3n) is 3.18. The van der Waals surface area contributed by atoms with Gasteiger partial charge in [0.25, 0.3) is 5.91 Å². The van der Waals surface area contributed by atoms with Gasteiger partial charge in [0.1, 0.15) is 0 Å². The molecule has 0 aliphatic heterocycles. The highest BCUT2D eigenvalue weighted by molar-refractivity contribution is 6.08. The van der Waals surface area contributed by atoms with E-state index in [-0.39, 0.29) is 5.91 Å². The van der Waals surface area contributed by atoms with E-state index < -0.39 is 0 Å². The lowest BCUT2D eigenvalue weighted by Crippen LogP contribution is -2.14. The minimum atomic E-state index is -0.218. The molecule has 0 spiro atoms. The summed E-state index contributed by atoms with van der Waals surface area (Å²) in [4.78, 5) is 20.6. The summed E-state index contributed by atoms with van der Waals surface area (Å²) in [5.41, 5.74) is 2.78. The van der Waals surface area contributed by atoms with Crippen LogP contribution in [0.5, 0.6) is 0 Å². The lowest BCUT2D eigenvalue weighted by molar-refractivity contribution is 0.102. The number of benzene rings is 1. The van der Waals surface area contributed by atoms with Crippen LogP contribution >= 0.6 is 0 Å². The first kappa shape index (κ1) is 13.1. The second-order valence-electron chi connectivity index (χ2n) is 4.54. The van der Waals surface area contributed by atoms with Crippen molar-refractivity contribution in [2.75, 3.05) is 17.7 Å². The molecule has 1 amide bonds. The number of carbonyl (C=O) groups is 1. The maximum Gasteiger partial charge on any atom is 0.259 e. The molecule has 5 heteroatoms. The summed E-state index contributed by atoms with van der Waals surface area (Å²) in [6.07, 6.45) is 4.82. The van der Waals surface area contributed by atoms with Crippen molar-refractivity contribution >= 4 is 28.2 Å². The fourth-order valence-corrected chi connectivity index (χ4v) is 2.13. The van der Waals surface area contributed by atoms with Crippen LogP contribution in [-0.2, 0) is 0 Å². The zero-order valence-corrected chi connectivity index (χ0v) is 11.5. The number of hydrogen-bond acceptors (Lipinski definition) is 4. The van der Waals surface area contributed by atoms with Crippen LogP contribution in [0.3, 0.4) is 0 Å². The lowest BCUT2D eigenvalue weighted by Gasteiger charge is -2.09. The molecule has 0 aliphatic rings. The minimum absolute atomic E-state index is 0.218. The smallest absolute Gasteiger partial charge is 0.259 e. The van der Waals surface area contributed by atoms with Gasteiger partial charge in [0.15, 0.2) is 0 Å². The van der Waals surface area contributed by atoms with Crippen molar-refractivity contribution in [3.63, 3.8) is 0 Å². The third-order valence-corrected chi connectivity index (χ3v) is 3.18. The number of rotatable bonds is 3. The molecule has 0 atom stereocenters. The average molecular weight is 278 g/mol. The summed E-state index contributed by atoms with van der Waals surface area (Å²) in [6, 6.07) is 11.4. The summed E-state index contributed by atoms with van der Waals surface area (Å²) in [5, 5.41) is 6.80. The maximum atomic E-state index is 12.3. The quantitative estimate of drug-likeness (QED) is 0.773. The number of aromatic nitrogens is 2. The van der Waals surface area contributed by atoms with Crippen LogP contribution in [0.15, 0.2) is 55.0 Å². The maximum absolute atomic E-state index is 12.3. The highest BCUT2D eigenvalue weighted by atomic mass is 16.1. The summed E-state index contributed by atoms with van der Waals surface area (Å²) in [6.45, 7) is 0. The second kappa shape index (κ2) is 5.58. The normalized spacial score (nSPS) is 10.3. The van der Waals surface area contributed by atoms with Crippen LogP contribution in [0.4, 0.5) is 11.4 Å². The van der Waals surface area contributed by atoms with Gasteiger partial charge in [-0.3, -0.25) is 14.8 Å². The van der Waals surface area contributed by atoms with E-state index in [1.165, 1.54) is 6.20 Å². The molecule has 0 radical (unpaired) electrons. The van der Waals surface area contributed by atoms with Crippen molar-refractivity contribution in [1.82, 2.24) is 9.97 Å². The molecule has 21 heavy (non-hydrogen) atoms. The highest BCUT2D eigenvalue weighted by Crippen LogP contribution is 2.18. The molecule has 0 bridgehead atoms. The Hall–Kier alpha value is -2.95. The van der Waals surface area contributed by atoms with Crippen LogP contribution in [0.25, 0.3) is 10.9 Å². The van der Waals surface area contributed by atoms with Crippen LogP contribution in [-0.4, -0.2) is 22.9 Å². The van der Waals surface area contributed by atoms with Crippen LogP contribution in [0.2, 0.25) is 0 Å². The summed E-state index contributed by atoms with van der Waals surface area (Å²) >= 11 is 0. The van der Waals surface area contributed by atoms with E-state index in [1.807, 2.05) is 30.3 Å². The molecule has 2 heterocycles.